The lowest BCUT2D eigenvalue weighted by molar-refractivity contribution is 0.0174. The summed E-state index contributed by atoms with van der Waals surface area (Å²) in [6.45, 7) is 2.73. The van der Waals surface area contributed by atoms with Gasteiger partial charge in [-0.15, -0.1) is 0 Å². The quantitative estimate of drug-likeness (QED) is 0.416. The summed E-state index contributed by atoms with van der Waals surface area (Å²) in [7, 11) is -3.95. The summed E-state index contributed by atoms with van der Waals surface area (Å²) in [6.07, 6.45) is 2.04. The summed E-state index contributed by atoms with van der Waals surface area (Å²) < 4.78 is 70.3. The Morgan fingerprint density at radius 3 is 2.45 bits per heavy atom. The van der Waals surface area contributed by atoms with Crippen LogP contribution >= 0.6 is 0 Å². The normalized spacial score (nSPS) is 16.5. The molecule has 3 nitrogen and oxygen atoms in total. The van der Waals surface area contributed by atoms with Crippen molar-refractivity contribution in [3.63, 3.8) is 0 Å². The molecule has 0 N–H and O–H groups in total. The Morgan fingerprint density at radius 1 is 1.03 bits per heavy atom. The monoisotopic (exact) mass is 473 g/mol. The van der Waals surface area contributed by atoms with Crippen LogP contribution in [0.15, 0.2) is 71.6 Å². The SMILES string of the molecule is Cc1ccc(S(=O)(=O)N2c3cc(F)ccc3CCC2CCc2cccc(C(C)(F)F)c2)cc1. The van der Waals surface area contributed by atoms with E-state index in [-0.39, 0.29) is 10.5 Å². The van der Waals surface area contributed by atoms with Gasteiger partial charge in [0.15, 0.2) is 0 Å². The number of hydrogen-bond donors (Lipinski definition) is 0. The van der Waals surface area contributed by atoms with Gasteiger partial charge in [0.1, 0.15) is 5.82 Å². The molecule has 1 unspecified atom stereocenters. The van der Waals surface area contributed by atoms with Gasteiger partial charge in [-0.2, -0.15) is 0 Å². The van der Waals surface area contributed by atoms with E-state index in [2.05, 4.69) is 0 Å². The molecule has 4 rings (SSSR count). The first-order valence-corrected chi connectivity index (χ1v) is 12.4. The maximum atomic E-state index is 14.2. The fraction of sp³-hybridized carbons (Fsp3) is 0.308. The van der Waals surface area contributed by atoms with Crippen LogP contribution in [0.25, 0.3) is 0 Å². The molecule has 0 spiro atoms. The molecule has 0 radical (unpaired) electrons. The number of hydrogen-bond acceptors (Lipinski definition) is 2. The van der Waals surface area contributed by atoms with Gasteiger partial charge in [0.2, 0.25) is 0 Å². The summed E-state index contributed by atoms with van der Waals surface area (Å²) in [6, 6.07) is 16.6. The van der Waals surface area contributed by atoms with Gasteiger partial charge in [0.25, 0.3) is 15.9 Å². The van der Waals surface area contributed by atoms with Crippen molar-refractivity contribution in [1.82, 2.24) is 0 Å². The molecule has 1 aliphatic heterocycles. The lowest BCUT2D eigenvalue weighted by atomic mass is 9.93. The molecule has 0 fully saturated rings. The maximum Gasteiger partial charge on any atom is 0.270 e. The number of aryl methyl sites for hydroxylation is 3. The second kappa shape index (κ2) is 8.86. The lowest BCUT2D eigenvalue weighted by Crippen LogP contribution is -2.44. The van der Waals surface area contributed by atoms with Crippen LogP contribution in [0, 0.1) is 12.7 Å². The van der Waals surface area contributed by atoms with Crippen LogP contribution in [0.2, 0.25) is 0 Å². The van der Waals surface area contributed by atoms with Gasteiger partial charge in [0.05, 0.1) is 10.6 Å². The number of nitrogens with zero attached hydrogens (tertiary/aromatic N) is 1. The summed E-state index contributed by atoms with van der Waals surface area (Å²) >= 11 is 0. The predicted octanol–water partition coefficient (Wildman–Crippen LogP) is 6.39. The molecule has 1 atom stereocenters. The molecule has 3 aromatic carbocycles. The highest BCUT2D eigenvalue weighted by Gasteiger charge is 2.36. The van der Waals surface area contributed by atoms with E-state index in [0.717, 1.165) is 18.1 Å². The Morgan fingerprint density at radius 2 is 1.76 bits per heavy atom. The fourth-order valence-electron chi connectivity index (χ4n) is 4.33. The molecule has 0 aromatic heterocycles. The summed E-state index contributed by atoms with van der Waals surface area (Å²) in [5.74, 6) is -3.45. The van der Waals surface area contributed by atoms with Gasteiger partial charge in [0, 0.05) is 18.5 Å². The average Bonchev–Trinajstić information content (AvgIpc) is 2.77. The van der Waals surface area contributed by atoms with Crippen LogP contribution < -0.4 is 4.31 Å². The molecule has 33 heavy (non-hydrogen) atoms. The largest absolute Gasteiger partial charge is 0.270 e. The summed E-state index contributed by atoms with van der Waals surface area (Å²) in [5.41, 5.74) is 2.70. The molecule has 0 amide bonds. The van der Waals surface area contributed by atoms with Crippen molar-refractivity contribution in [2.24, 2.45) is 0 Å². The number of alkyl halides is 2. The Bertz CT molecular complexity index is 1250. The topological polar surface area (TPSA) is 37.4 Å². The van der Waals surface area contributed by atoms with Crippen LogP contribution in [0.4, 0.5) is 18.9 Å². The zero-order chi connectivity index (χ0) is 23.8. The number of rotatable bonds is 6. The van der Waals surface area contributed by atoms with Crippen LogP contribution in [-0.2, 0) is 28.8 Å². The van der Waals surface area contributed by atoms with Crippen molar-refractivity contribution in [2.45, 2.75) is 56.4 Å². The number of benzene rings is 3. The van der Waals surface area contributed by atoms with Crippen molar-refractivity contribution in [3.8, 4) is 0 Å². The Hall–Kier alpha value is -2.80. The molecule has 0 saturated heterocycles. The first kappa shape index (κ1) is 23.4. The summed E-state index contributed by atoms with van der Waals surface area (Å²) in [5, 5.41) is 0. The molecule has 174 valence electrons. The molecule has 3 aromatic rings. The highest BCUT2D eigenvalue weighted by atomic mass is 32.2. The zero-order valence-corrected chi connectivity index (χ0v) is 19.4. The van der Waals surface area contributed by atoms with Crippen LogP contribution in [0.1, 0.15) is 42.0 Å². The standard InChI is InChI=1S/C26H26F3NO2S/c1-18-6-14-24(15-7-18)33(31,32)30-23(13-10-20-9-11-22(27)17-25(20)30)12-8-19-4-3-5-21(16-19)26(2,28)29/h3-7,9,11,14-17,23H,8,10,12-13H2,1-2H3. The molecular formula is C26H26F3NO2S. The first-order valence-electron chi connectivity index (χ1n) is 10.9. The Balaban J connectivity index is 1.69. The van der Waals surface area contributed by atoms with E-state index in [9.17, 15) is 21.6 Å². The number of sulfonamides is 1. The number of anilines is 1. The smallest absolute Gasteiger partial charge is 0.263 e. The van der Waals surface area contributed by atoms with Crippen molar-refractivity contribution >= 4 is 15.7 Å². The van der Waals surface area contributed by atoms with Gasteiger partial charge >= 0.3 is 0 Å². The van der Waals surface area contributed by atoms with E-state index in [1.807, 2.05) is 6.92 Å². The maximum absolute atomic E-state index is 14.2. The highest BCUT2D eigenvalue weighted by Crippen LogP contribution is 2.38. The van der Waals surface area contributed by atoms with Crippen molar-refractivity contribution < 1.29 is 21.6 Å². The van der Waals surface area contributed by atoms with Gasteiger partial charge in [-0.25, -0.2) is 21.6 Å². The zero-order valence-electron chi connectivity index (χ0n) is 18.6. The predicted molar refractivity (Wildman–Crippen MR) is 124 cm³/mol. The minimum absolute atomic E-state index is 0.0693. The van der Waals surface area contributed by atoms with Crippen LogP contribution in [0.3, 0.4) is 0 Å². The van der Waals surface area contributed by atoms with E-state index in [0.29, 0.717) is 36.9 Å². The van der Waals surface area contributed by atoms with Gasteiger partial charge in [-0.3, -0.25) is 4.31 Å². The molecular weight excluding hydrogens is 447 g/mol. The molecule has 0 saturated carbocycles. The second-order valence-electron chi connectivity index (χ2n) is 8.71. The van der Waals surface area contributed by atoms with E-state index in [1.165, 1.54) is 28.6 Å². The van der Waals surface area contributed by atoms with Gasteiger partial charge in [-0.05, 0) is 74.1 Å². The van der Waals surface area contributed by atoms with E-state index in [4.69, 9.17) is 0 Å². The molecule has 0 aliphatic carbocycles. The third-order valence-electron chi connectivity index (χ3n) is 6.14. The van der Waals surface area contributed by atoms with E-state index in [1.54, 1.807) is 42.5 Å². The molecule has 1 heterocycles. The highest BCUT2D eigenvalue weighted by molar-refractivity contribution is 7.92. The average molecular weight is 474 g/mol. The molecule has 0 bridgehead atoms. The Labute approximate surface area is 192 Å². The second-order valence-corrected chi connectivity index (χ2v) is 10.5. The van der Waals surface area contributed by atoms with Crippen molar-refractivity contribution in [2.75, 3.05) is 4.31 Å². The van der Waals surface area contributed by atoms with E-state index < -0.39 is 27.8 Å². The Kier molecular flexibility index (Phi) is 6.27. The fourth-order valence-corrected chi connectivity index (χ4v) is 6.07. The molecule has 1 aliphatic rings. The van der Waals surface area contributed by atoms with Crippen molar-refractivity contribution in [3.05, 3.63) is 94.8 Å². The third-order valence-corrected chi connectivity index (χ3v) is 8.02. The minimum atomic E-state index is -3.95. The first-order chi connectivity index (χ1) is 15.6. The van der Waals surface area contributed by atoms with Gasteiger partial charge in [-0.1, -0.05) is 42.0 Å². The van der Waals surface area contributed by atoms with Crippen molar-refractivity contribution in [1.29, 1.82) is 0 Å². The van der Waals surface area contributed by atoms with E-state index >= 15 is 0 Å². The van der Waals surface area contributed by atoms with Crippen LogP contribution in [0.5, 0.6) is 0 Å². The van der Waals surface area contributed by atoms with Crippen LogP contribution in [-0.4, -0.2) is 14.5 Å². The minimum Gasteiger partial charge on any atom is -0.263 e. The van der Waals surface area contributed by atoms with Gasteiger partial charge < -0.3 is 0 Å². The third kappa shape index (κ3) is 4.93. The number of fused-ring (bicyclic) bond motifs is 1. The number of halogens is 3. The summed E-state index contributed by atoms with van der Waals surface area (Å²) in [4.78, 5) is 0.142. The molecule has 7 heteroatoms. The lowest BCUT2D eigenvalue weighted by Gasteiger charge is -2.38.